The van der Waals surface area contributed by atoms with E-state index in [9.17, 15) is 22.0 Å². The van der Waals surface area contributed by atoms with Gasteiger partial charge in [-0.15, -0.1) is 0 Å². The topological polar surface area (TPSA) is 35.2 Å². The normalized spacial score (nSPS) is 10.8. The van der Waals surface area contributed by atoms with Crippen LogP contribution in [-0.2, 0) is 13.2 Å². The van der Waals surface area contributed by atoms with Gasteiger partial charge in [0.25, 0.3) is 0 Å². The Morgan fingerprint density at radius 1 is 0.857 bits per heavy atom. The summed E-state index contributed by atoms with van der Waals surface area (Å²) in [6.07, 6.45) is 0. The van der Waals surface area contributed by atoms with Crippen molar-refractivity contribution in [3.63, 3.8) is 0 Å². The predicted molar refractivity (Wildman–Crippen MR) is 64.9 cm³/mol. The third-order valence-corrected chi connectivity index (χ3v) is 2.82. The molecule has 0 fully saturated rings. The van der Waals surface area contributed by atoms with Gasteiger partial charge in [-0.1, -0.05) is 12.1 Å². The number of halogens is 5. The first-order chi connectivity index (χ1) is 9.95. The Kier molecular flexibility index (Phi) is 4.42. The second-order valence-electron chi connectivity index (χ2n) is 4.19. The average molecular weight is 303 g/mol. The molecule has 0 spiro atoms. The van der Waals surface area contributed by atoms with Gasteiger partial charge in [0, 0.05) is 6.54 Å². The number of nitrogens with two attached hydrogens (primary N) is 1. The summed E-state index contributed by atoms with van der Waals surface area (Å²) in [5.41, 5.74) is 5.09. The third-order valence-electron chi connectivity index (χ3n) is 2.82. The Bertz CT molecular complexity index is 646. The van der Waals surface area contributed by atoms with Crippen LogP contribution in [0.4, 0.5) is 22.0 Å². The fraction of sp³-hybridized carbons (Fsp3) is 0.143. The van der Waals surface area contributed by atoms with Crippen LogP contribution in [0.15, 0.2) is 24.3 Å². The monoisotopic (exact) mass is 303 g/mol. The van der Waals surface area contributed by atoms with Crippen LogP contribution in [0.2, 0.25) is 0 Å². The van der Waals surface area contributed by atoms with Gasteiger partial charge in [0.2, 0.25) is 5.82 Å². The average Bonchev–Trinajstić information content (AvgIpc) is 2.51. The standard InChI is InChI=1S/C14H10F5NO/c15-10-9(11(16)13(18)14(19)12(10)17)6-21-8-3-1-2-7(4-8)5-20/h1-4H,5-6,20H2. The van der Waals surface area contributed by atoms with E-state index in [1.807, 2.05) is 0 Å². The lowest BCUT2D eigenvalue weighted by Crippen LogP contribution is -2.10. The van der Waals surface area contributed by atoms with Crippen molar-refractivity contribution < 1.29 is 26.7 Å². The molecule has 0 atom stereocenters. The molecule has 0 heterocycles. The van der Waals surface area contributed by atoms with Gasteiger partial charge < -0.3 is 10.5 Å². The smallest absolute Gasteiger partial charge is 0.200 e. The Morgan fingerprint density at radius 3 is 2.00 bits per heavy atom. The summed E-state index contributed by atoms with van der Waals surface area (Å²) in [5, 5.41) is 0. The molecule has 21 heavy (non-hydrogen) atoms. The van der Waals surface area contributed by atoms with Crippen molar-refractivity contribution in [1.29, 1.82) is 0 Å². The molecule has 0 aromatic heterocycles. The van der Waals surface area contributed by atoms with Gasteiger partial charge in [-0.3, -0.25) is 0 Å². The lowest BCUT2D eigenvalue weighted by Gasteiger charge is -2.10. The Balaban J connectivity index is 2.28. The summed E-state index contributed by atoms with van der Waals surface area (Å²) in [7, 11) is 0. The van der Waals surface area contributed by atoms with Gasteiger partial charge in [-0.25, -0.2) is 22.0 Å². The highest BCUT2D eigenvalue weighted by Crippen LogP contribution is 2.24. The van der Waals surface area contributed by atoms with Gasteiger partial charge >= 0.3 is 0 Å². The number of hydrogen-bond acceptors (Lipinski definition) is 2. The van der Waals surface area contributed by atoms with Crippen LogP contribution < -0.4 is 10.5 Å². The second kappa shape index (κ2) is 6.09. The van der Waals surface area contributed by atoms with Crippen LogP contribution in [-0.4, -0.2) is 0 Å². The first-order valence-electron chi connectivity index (χ1n) is 5.87. The van der Waals surface area contributed by atoms with E-state index in [4.69, 9.17) is 10.5 Å². The van der Waals surface area contributed by atoms with Gasteiger partial charge in [0.1, 0.15) is 12.4 Å². The number of ether oxygens (including phenoxy) is 1. The highest BCUT2D eigenvalue weighted by atomic mass is 19.2. The van der Waals surface area contributed by atoms with Crippen molar-refractivity contribution in [2.75, 3.05) is 0 Å². The van der Waals surface area contributed by atoms with Crippen molar-refractivity contribution in [3.05, 3.63) is 64.5 Å². The molecule has 0 radical (unpaired) electrons. The molecule has 112 valence electrons. The van der Waals surface area contributed by atoms with Gasteiger partial charge in [0.15, 0.2) is 23.3 Å². The van der Waals surface area contributed by atoms with E-state index in [2.05, 4.69) is 0 Å². The highest BCUT2D eigenvalue weighted by molar-refractivity contribution is 5.29. The molecule has 2 rings (SSSR count). The van der Waals surface area contributed by atoms with E-state index in [0.29, 0.717) is 5.56 Å². The summed E-state index contributed by atoms with van der Waals surface area (Å²) in [4.78, 5) is 0. The van der Waals surface area contributed by atoms with E-state index in [0.717, 1.165) is 0 Å². The third kappa shape index (κ3) is 2.97. The van der Waals surface area contributed by atoms with Gasteiger partial charge in [-0.05, 0) is 17.7 Å². The molecule has 0 aliphatic rings. The number of benzene rings is 2. The van der Waals surface area contributed by atoms with E-state index >= 15 is 0 Å². The van der Waals surface area contributed by atoms with Crippen LogP contribution in [0.25, 0.3) is 0 Å². The minimum Gasteiger partial charge on any atom is -0.489 e. The number of hydrogen-bond donors (Lipinski definition) is 1. The fourth-order valence-electron chi connectivity index (χ4n) is 1.69. The van der Waals surface area contributed by atoms with Crippen LogP contribution in [0.5, 0.6) is 5.75 Å². The summed E-state index contributed by atoms with van der Waals surface area (Å²) < 4.78 is 70.8. The first kappa shape index (κ1) is 15.2. The first-order valence-corrected chi connectivity index (χ1v) is 5.87. The minimum atomic E-state index is -2.20. The number of rotatable bonds is 4. The van der Waals surface area contributed by atoms with E-state index in [1.54, 1.807) is 12.1 Å². The molecule has 0 aliphatic carbocycles. The van der Waals surface area contributed by atoms with Crippen molar-refractivity contribution in [2.24, 2.45) is 5.73 Å². The molecule has 0 aliphatic heterocycles. The van der Waals surface area contributed by atoms with Crippen LogP contribution in [0.3, 0.4) is 0 Å². The molecular formula is C14H10F5NO. The minimum absolute atomic E-state index is 0.210. The maximum atomic E-state index is 13.4. The summed E-state index contributed by atoms with van der Waals surface area (Å²) in [5.74, 6) is -9.78. The van der Waals surface area contributed by atoms with Crippen LogP contribution in [0.1, 0.15) is 11.1 Å². The molecule has 7 heteroatoms. The van der Waals surface area contributed by atoms with Crippen molar-refractivity contribution in [2.45, 2.75) is 13.2 Å². The van der Waals surface area contributed by atoms with Crippen LogP contribution in [0, 0.1) is 29.1 Å². The molecule has 2 aromatic carbocycles. The maximum Gasteiger partial charge on any atom is 0.200 e. The summed E-state index contributed by atoms with van der Waals surface area (Å²) in [6.45, 7) is -0.570. The van der Waals surface area contributed by atoms with E-state index in [-0.39, 0.29) is 12.3 Å². The molecule has 2 aromatic rings. The van der Waals surface area contributed by atoms with Crippen molar-refractivity contribution >= 4 is 0 Å². The summed E-state index contributed by atoms with van der Waals surface area (Å²) >= 11 is 0. The lowest BCUT2D eigenvalue weighted by atomic mass is 10.1. The Morgan fingerprint density at radius 2 is 1.43 bits per heavy atom. The van der Waals surface area contributed by atoms with E-state index in [1.165, 1.54) is 12.1 Å². The highest BCUT2D eigenvalue weighted by Gasteiger charge is 2.25. The molecule has 0 bridgehead atoms. The lowest BCUT2D eigenvalue weighted by molar-refractivity contribution is 0.279. The molecule has 2 N–H and O–H groups in total. The van der Waals surface area contributed by atoms with Gasteiger partial charge in [0.05, 0.1) is 5.56 Å². The van der Waals surface area contributed by atoms with Crippen molar-refractivity contribution in [3.8, 4) is 5.75 Å². The zero-order valence-electron chi connectivity index (χ0n) is 10.6. The fourth-order valence-corrected chi connectivity index (χ4v) is 1.69. The molecule has 0 amide bonds. The molecule has 0 unspecified atom stereocenters. The van der Waals surface area contributed by atoms with Crippen LogP contribution >= 0.6 is 0 Å². The van der Waals surface area contributed by atoms with Crippen molar-refractivity contribution in [1.82, 2.24) is 0 Å². The predicted octanol–water partition coefficient (Wildman–Crippen LogP) is 3.42. The summed E-state index contributed by atoms with van der Waals surface area (Å²) in [6, 6.07) is 6.28. The molecule has 0 saturated heterocycles. The Labute approximate surface area is 116 Å². The Hall–Kier alpha value is -2.15. The molecule has 2 nitrogen and oxygen atoms in total. The maximum absolute atomic E-state index is 13.4. The SMILES string of the molecule is NCc1cccc(OCc2c(F)c(F)c(F)c(F)c2F)c1. The second-order valence-corrected chi connectivity index (χ2v) is 4.19. The zero-order chi connectivity index (χ0) is 15.6. The molecular weight excluding hydrogens is 293 g/mol. The van der Waals surface area contributed by atoms with E-state index < -0.39 is 41.3 Å². The largest absolute Gasteiger partial charge is 0.489 e. The molecule has 0 saturated carbocycles. The zero-order valence-corrected chi connectivity index (χ0v) is 10.6. The van der Waals surface area contributed by atoms with Gasteiger partial charge in [-0.2, -0.15) is 0 Å². The quantitative estimate of drug-likeness (QED) is 0.533.